The molecule has 0 aromatic heterocycles. The summed E-state index contributed by atoms with van der Waals surface area (Å²) in [6, 6.07) is 5.29. The van der Waals surface area contributed by atoms with Gasteiger partial charge in [-0.05, 0) is 38.8 Å². The molecule has 2 aliphatic rings. The van der Waals surface area contributed by atoms with E-state index < -0.39 is 11.7 Å². The van der Waals surface area contributed by atoms with E-state index in [0.717, 1.165) is 11.1 Å². The van der Waals surface area contributed by atoms with E-state index >= 15 is 0 Å². The van der Waals surface area contributed by atoms with Crippen LogP contribution in [0.15, 0.2) is 24.0 Å². The summed E-state index contributed by atoms with van der Waals surface area (Å²) in [4.78, 5) is 12.3. The minimum absolute atomic E-state index is 0.0360. The van der Waals surface area contributed by atoms with Gasteiger partial charge in [-0.15, -0.1) is 0 Å². The van der Waals surface area contributed by atoms with E-state index in [1.807, 2.05) is 19.9 Å². The average molecular weight is 430 g/mol. The van der Waals surface area contributed by atoms with Crippen LogP contribution >= 0.6 is 23.2 Å². The Morgan fingerprint density at radius 3 is 2.89 bits per heavy atom. The number of benzene rings is 1. The second kappa shape index (κ2) is 9.46. The van der Waals surface area contributed by atoms with Crippen LogP contribution in [0.3, 0.4) is 0 Å². The van der Waals surface area contributed by atoms with Gasteiger partial charge in [0, 0.05) is 40.9 Å². The van der Waals surface area contributed by atoms with Crippen LogP contribution in [0.1, 0.15) is 32.3 Å². The van der Waals surface area contributed by atoms with E-state index in [-0.39, 0.29) is 12.7 Å². The number of hydrogen-bond acceptors (Lipinski definition) is 6. The second-order valence-electron chi connectivity index (χ2n) is 6.90. The molecule has 0 amide bonds. The van der Waals surface area contributed by atoms with Gasteiger partial charge in [0.25, 0.3) is 0 Å². The van der Waals surface area contributed by atoms with Crippen LogP contribution in [0.5, 0.6) is 0 Å². The molecule has 0 aliphatic carbocycles. The summed E-state index contributed by atoms with van der Waals surface area (Å²) >= 11 is 12.5. The lowest BCUT2D eigenvalue weighted by Crippen LogP contribution is -2.50. The van der Waals surface area contributed by atoms with Crippen molar-refractivity contribution in [3.8, 4) is 0 Å². The Hall–Kier alpha value is -1.31. The van der Waals surface area contributed by atoms with Crippen molar-refractivity contribution in [1.82, 2.24) is 5.32 Å². The average Bonchev–Trinajstić information content (AvgIpc) is 2.96. The molecule has 3 rings (SSSR count). The number of halogens is 2. The summed E-state index contributed by atoms with van der Waals surface area (Å²) in [5.41, 5.74) is 1.12. The summed E-state index contributed by atoms with van der Waals surface area (Å²) in [6.07, 6.45) is 0.657. The van der Waals surface area contributed by atoms with Crippen molar-refractivity contribution in [3.63, 3.8) is 0 Å². The van der Waals surface area contributed by atoms with Crippen molar-refractivity contribution in [2.24, 2.45) is 0 Å². The number of rotatable bonds is 6. The maximum absolute atomic E-state index is 12.3. The third kappa shape index (κ3) is 4.81. The van der Waals surface area contributed by atoms with E-state index in [9.17, 15) is 4.79 Å². The maximum atomic E-state index is 12.3. The zero-order chi connectivity index (χ0) is 20.1. The summed E-state index contributed by atoms with van der Waals surface area (Å²) in [5, 5.41) is 4.58. The molecule has 1 saturated heterocycles. The smallest absolute Gasteiger partial charge is 0.432 e. The SMILES string of the molecule is CCOCCOC(=O)OC1=C(c2ccc(Cl)cc2Cl)CNC12CCOC(C)C2. The molecule has 28 heavy (non-hydrogen) atoms. The highest BCUT2D eigenvalue weighted by Gasteiger charge is 2.47. The molecular weight excluding hydrogens is 405 g/mol. The first-order chi connectivity index (χ1) is 13.4. The Labute approximate surface area is 175 Å². The number of nitrogens with one attached hydrogen (secondary N) is 1. The summed E-state index contributed by atoms with van der Waals surface area (Å²) in [7, 11) is 0. The molecule has 2 atom stereocenters. The predicted molar refractivity (Wildman–Crippen MR) is 108 cm³/mol. The van der Waals surface area contributed by atoms with Gasteiger partial charge in [-0.25, -0.2) is 4.79 Å². The molecule has 1 spiro atoms. The third-order valence-corrected chi connectivity index (χ3v) is 5.52. The van der Waals surface area contributed by atoms with Crippen LogP contribution in [0, 0.1) is 0 Å². The van der Waals surface area contributed by atoms with Crippen LogP contribution in [0.2, 0.25) is 10.0 Å². The van der Waals surface area contributed by atoms with Crippen LogP contribution in [0.4, 0.5) is 4.79 Å². The van der Waals surface area contributed by atoms with Crippen LogP contribution in [-0.4, -0.2) is 50.8 Å². The van der Waals surface area contributed by atoms with E-state index in [0.29, 0.717) is 55.0 Å². The fourth-order valence-corrected chi connectivity index (χ4v) is 4.23. The van der Waals surface area contributed by atoms with Crippen molar-refractivity contribution in [2.75, 3.05) is 33.0 Å². The first kappa shape index (κ1) is 21.4. The van der Waals surface area contributed by atoms with Crippen LogP contribution in [0.25, 0.3) is 5.57 Å². The molecule has 6 nitrogen and oxygen atoms in total. The first-order valence-corrected chi connectivity index (χ1v) is 10.2. The minimum Gasteiger partial charge on any atom is -0.432 e. The van der Waals surface area contributed by atoms with Gasteiger partial charge in [0.2, 0.25) is 0 Å². The van der Waals surface area contributed by atoms with Crippen molar-refractivity contribution in [2.45, 2.75) is 38.3 Å². The zero-order valence-electron chi connectivity index (χ0n) is 16.1. The van der Waals surface area contributed by atoms with Gasteiger partial charge in [-0.1, -0.05) is 29.3 Å². The topological polar surface area (TPSA) is 66.0 Å². The molecule has 0 radical (unpaired) electrons. The Morgan fingerprint density at radius 1 is 1.36 bits per heavy atom. The van der Waals surface area contributed by atoms with Crippen molar-refractivity contribution < 1.29 is 23.7 Å². The monoisotopic (exact) mass is 429 g/mol. The molecular formula is C20H25Cl2NO5. The molecule has 0 saturated carbocycles. The third-order valence-electron chi connectivity index (χ3n) is 4.97. The quantitative estimate of drug-likeness (QED) is 0.532. The molecule has 8 heteroatoms. The van der Waals surface area contributed by atoms with E-state index in [1.54, 1.807) is 12.1 Å². The highest BCUT2D eigenvalue weighted by atomic mass is 35.5. The molecule has 2 unspecified atom stereocenters. The molecule has 2 heterocycles. The highest BCUT2D eigenvalue weighted by Crippen LogP contribution is 2.43. The molecule has 2 aliphatic heterocycles. The molecule has 1 fully saturated rings. The molecule has 1 aromatic rings. The van der Waals surface area contributed by atoms with Crippen LogP contribution < -0.4 is 5.32 Å². The van der Waals surface area contributed by atoms with Gasteiger partial charge in [0.05, 0.1) is 18.2 Å². The van der Waals surface area contributed by atoms with Gasteiger partial charge in [0.15, 0.2) is 0 Å². The summed E-state index contributed by atoms with van der Waals surface area (Å²) in [6.45, 7) is 6.01. The number of carbonyl (C=O) groups is 1. The van der Waals surface area contributed by atoms with Crippen LogP contribution in [-0.2, 0) is 18.9 Å². The van der Waals surface area contributed by atoms with E-state index in [4.69, 9.17) is 42.1 Å². The van der Waals surface area contributed by atoms with Gasteiger partial charge in [-0.2, -0.15) is 0 Å². The van der Waals surface area contributed by atoms with Crippen molar-refractivity contribution in [3.05, 3.63) is 39.6 Å². The van der Waals surface area contributed by atoms with Gasteiger partial charge in [0.1, 0.15) is 12.4 Å². The number of ether oxygens (including phenoxy) is 4. The lowest BCUT2D eigenvalue weighted by molar-refractivity contribution is -0.0217. The molecule has 1 N–H and O–H groups in total. The largest absolute Gasteiger partial charge is 0.513 e. The van der Waals surface area contributed by atoms with Crippen molar-refractivity contribution in [1.29, 1.82) is 0 Å². The minimum atomic E-state index is -0.750. The Kier molecular flexibility index (Phi) is 7.23. The summed E-state index contributed by atoms with van der Waals surface area (Å²) in [5.74, 6) is 0.549. The molecule has 0 bridgehead atoms. The highest BCUT2D eigenvalue weighted by molar-refractivity contribution is 6.35. The molecule has 154 valence electrons. The van der Waals surface area contributed by atoms with Crippen molar-refractivity contribution >= 4 is 34.9 Å². The number of carbonyl (C=O) groups excluding carboxylic acids is 1. The Bertz CT molecular complexity index is 754. The Morgan fingerprint density at radius 2 is 2.18 bits per heavy atom. The lowest BCUT2D eigenvalue weighted by atomic mass is 9.85. The fourth-order valence-electron chi connectivity index (χ4n) is 3.71. The number of hydrogen-bond donors (Lipinski definition) is 1. The van der Waals surface area contributed by atoms with E-state index in [2.05, 4.69) is 5.32 Å². The second-order valence-corrected chi connectivity index (χ2v) is 7.74. The van der Waals surface area contributed by atoms with Gasteiger partial charge in [-0.3, -0.25) is 0 Å². The van der Waals surface area contributed by atoms with E-state index in [1.165, 1.54) is 0 Å². The predicted octanol–water partition coefficient (Wildman–Crippen LogP) is 4.44. The standard InChI is InChI=1S/C20H25Cl2NO5/c1-3-25-8-9-27-19(24)28-18-16(15-5-4-14(21)10-17(15)22)12-23-20(18)6-7-26-13(2)11-20/h4-5,10,13,23H,3,6-9,11-12H2,1-2H3. The molecule has 1 aromatic carbocycles. The summed E-state index contributed by atoms with van der Waals surface area (Å²) < 4.78 is 21.8. The fraction of sp³-hybridized carbons (Fsp3) is 0.550. The van der Waals surface area contributed by atoms with Gasteiger partial charge < -0.3 is 24.3 Å². The normalized spacial score (nSPS) is 24.6. The lowest BCUT2D eigenvalue weighted by Gasteiger charge is -2.38. The Balaban J connectivity index is 1.89. The first-order valence-electron chi connectivity index (χ1n) is 9.43. The zero-order valence-corrected chi connectivity index (χ0v) is 17.6. The van der Waals surface area contributed by atoms with Gasteiger partial charge >= 0.3 is 6.16 Å². The maximum Gasteiger partial charge on any atom is 0.513 e.